The number of aromatic amines is 1. The van der Waals surface area contributed by atoms with E-state index in [1.807, 2.05) is 24.4 Å². The van der Waals surface area contributed by atoms with E-state index in [9.17, 15) is 0 Å². The van der Waals surface area contributed by atoms with Gasteiger partial charge in [-0.25, -0.2) is 9.97 Å². The molecule has 0 saturated carbocycles. The maximum atomic E-state index is 6.05. The molecule has 3 rings (SSSR count). The van der Waals surface area contributed by atoms with Crippen molar-refractivity contribution in [3.05, 3.63) is 41.4 Å². The molecular weight excluding hydrogens is 314 g/mol. The van der Waals surface area contributed by atoms with Crippen LogP contribution in [-0.2, 0) is 6.42 Å². The molecule has 0 unspecified atom stereocenters. The van der Waals surface area contributed by atoms with Crippen LogP contribution in [0.3, 0.4) is 0 Å². The molecule has 0 bridgehead atoms. The van der Waals surface area contributed by atoms with Crippen molar-refractivity contribution in [2.75, 3.05) is 31.3 Å². The lowest BCUT2D eigenvalue weighted by molar-refractivity contribution is 0.419. The van der Waals surface area contributed by atoms with Crippen molar-refractivity contribution in [3.8, 4) is 5.75 Å². The van der Waals surface area contributed by atoms with Crippen LogP contribution in [-0.4, -0.2) is 35.7 Å². The highest BCUT2D eigenvalue weighted by Crippen LogP contribution is 2.29. The minimum absolute atomic E-state index is 0.402. The first-order valence-corrected chi connectivity index (χ1v) is 7.67. The molecular formula is C16H18ClN5O. The number of H-pyrrole nitrogens is 1. The zero-order valence-electron chi connectivity index (χ0n) is 13.0. The predicted octanol–water partition coefficient (Wildman–Crippen LogP) is 3.32. The summed E-state index contributed by atoms with van der Waals surface area (Å²) in [5.74, 6) is 1.57. The number of methoxy groups -OCH3 is 1. The van der Waals surface area contributed by atoms with Gasteiger partial charge in [-0.1, -0.05) is 17.7 Å². The van der Waals surface area contributed by atoms with Crippen LogP contribution in [0.5, 0.6) is 5.75 Å². The van der Waals surface area contributed by atoms with Gasteiger partial charge in [0.05, 0.1) is 7.11 Å². The standard InChI is InChI=1S/C16H18ClN5O/c1-18-14-15(17)21-9-22-16(14)19-7-6-10-8-20-11-4-3-5-12(23-2)13(10)11/h3-5,8-9,18,20H,6-7H2,1-2H3,(H,19,21,22). The number of hydrogen-bond acceptors (Lipinski definition) is 5. The number of aromatic nitrogens is 3. The number of rotatable bonds is 6. The van der Waals surface area contributed by atoms with Crippen LogP contribution < -0.4 is 15.4 Å². The van der Waals surface area contributed by atoms with Crippen LogP contribution in [0.25, 0.3) is 10.9 Å². The molecule has 23 heavy (non-hydrogen) atoms. The van der Waals surface area contributed by atoms with E-state index in [-0.39, 0.29) is 0 Å². The van der Waals surface area contributed by atoms with Gasteiger partial charge in [0.15, 0.2) is 11.0 Å². The zero-order valence-corrected chi connectivity index (χ0v) is 13.7. The second-order valence-corrected chi connectivity index (χ2v) is 5.37. The molecule has 120 valence electrons. The molecule has 0 fully saturated rings. The van der Waals surface area contributed by atoms with Crippen molar-refractivity contribution >= 4 is 34.0 Å². The molecule has 0 atom stereocenters. The summed E-state index contributed by atoms with van der Waals surface area (Å²) in [7, 11) is 3.48. The van der Waals surface area contributed by atoms with Gasteiger partial charge in [-0.3, -0.25) is 0 Å². The molecule has 2 heterocycles. The monoisotopic (exact) mass is 331 g/mol. The average molecular weight is 332 g/mol. The second kappa shape index (κ2) is 6.75. The quantitative estimate of drug-likeness (QED) is 0.604. The van der Waals surface area contributed by atoms with Gasteiger partial charge < -0.3 is 20.4 Å². The first kappa shape index (κ1) is 15.4. The highest BCUT2D eigenvalue weighted by molar-refractivity contribution is 6.32. The maximum Gasteiger partial charge on any atom is 0.157 e. The van der Waals surface area contributed by atoms with Gasteiger partial charge in [-0.15, -0.1) is 0 Å². The number of anilines is 2. The lowest BCUT2D eigenvalue weighted by atomic mass is 10.1. The Labute approximate surface area is 139 Å². The number of hydrogen-bond donors (Lipinski definition) is 3. The first-order valence-electron chi connectivity index (χ1n) is 7.29. The number of benzene rings is 1. The Kier molecular flexibility index (Phi) is 4.52. The molecule has 0 amide bonds. The number of ether oxygens (including phenoxy) is 1. The summed E-state index contributed by atoms with van der Waals surface area (Å²) in [6.45, 7) is 0.715. The van der Waals surface area contributed by atoms with Gasteiger partial charge in [-0.05, 0) is 24.1 Å². The lowest BCUT2D eigenvalue weighted by Crippen LogP contribution is -2.09. The van der Waals surface area contributed by atoms with Crippen molar-refractivity contribution in [1.82, 2.24) is 15.0 Å². The smallest absolute Gasteiger partial charge is 0.157 e. The third-order valence-corrected chi connectivity index (χ3v) is 3.99. The van der Waals surface area contributed by atoms with Crippen molar-refractivity contribution < 1.29 is 4.74 Å². The molecule has 0 aliphatic carbocycles. The van der Waals surface area contributed by atoms with Crippen LogP contribution in [0.15, 0.2) is 30.7 Å². The number of halogens is 1. The van der Waals surface area contributed by atoms with E-state index < -0.39 is 0 Å². The van der Waals surface area contributed by atoms with Gasteiger partial charge in [-0.2, -0.15) is 0 Å². The summed E-state index contributed by atoms with van der Waals surface area (Å²) in [5, 5.41) is 7.82. The van der Waals surface area contributed by atoms with Crippen LogP contribution in [0.4, 0.5) is 11.5 Å². The molecule has 7 heteroatoms. The van der Waals surface area contributed by atoms with Crippen molar-refractivity contribution in [3.63, 3.8) is 0 Å². The molecule has 0 spiro atoms. The van der Waals surface area contributed by atoms with Crippen LogP contribution >= 0.6 is 11.6 Å². The van der Waals surface area contributed by atoms with E-state index in [4.69, 9.17) is 16.3 Å². The number of nitrogens with one attached hydrogen (secondary N) is 3. The Bertz CT molecular complexity index is 817. The Balaban J connectivity index is 1.76. The van der Waals surface area contributed by atoms with Crippen LogP contribution in [0.1, 0.15) is 5.56 Å². The molecule has 0 radical (unpaired) electrons. The van der Waals surface area contributed by atoms with Crippen molar-refractivity contribution in [2.45, 2.75) is 6.42 Å². The van der Waals surface area contributed by atoms with E-state index in [2.05, 4.69) is 25.6 Å². The number of fused-ring (bicyclic) bond motifs is 1. The Hall–Kier alpha value is -2.47. The lowest BCUT2D eigenvalue weighted by Gasteiger charge is -2.11. The summed E-state index contributed by atoms with van der Waals surface area (Å²) in [5.41, 5.74) is 2.96. The first-order chi connectivity index (χ1) is 11.2. The Morgan fingerprint density at radius 2 is 2.17 bits per heavy atom. The second-order valence-electron chi connectivity index (χ2n) is 5.01. The van der Waals surface area contributed by atoms with Crippen molar-refractivity contribution in [2.24, 2.45) is 0 Å². The zero-order chi connectivity index (χ0) is 16.2. The third kappa shape index (κ3) is 3.03. The average Bonchev–Trinajstić information content (AvgIpc) is 2.98. The van der Waals surface area contributed by atoms with E-state index in [0.29, 0.717) is 23.2 Å². The Morgan fingerprint density at radius 1 is 1.30 bits per heavy atom. The SMILES string of the molecule is CNc1c(Cl)ncnc1NCCc1c[nH]c2cccc(OC)c12. The summed E-state index contributed by atoms with van der Waals surface area (Å²) in [4.78, 5) is 11.5. The van der Waals surface area contributed by atoms with E-state index in [1.165, 1.54) is 11.9 Å². The molecule has 3 N–H and O–H groups in total. The fourth-order valence-corrected chi connectivity index (χ4v) is 2.85. The van der Waals surface area contributed by atoms with Crippen LogP contribution in [0, 0.1) is 0 Å². The fourth-order valence-electron chi connectivity index (χ4n) is 2.62. The predicted molar refractivity (Wildman–Crippen MR) is 93.6 cm³/mol. The normalized spacial score (nSPS) is 10.7. The third-order valence-electron chi connectivity index (χ3n) is 3.71. The largest absolute Gasteiger partial charge is 0.496 e. The van der Waals surface area contributed by atoms with Gasteiger partial charge in [0.1, 0.15) is 17.8 Å². The molecule has 0 aliphatic rings. The summed E-state index contributed by atoms with van der Waals surface area (Å²) < 4.78 is 5.45. The molecule has 3 aromatic rings. The van der Waals surface area contributed by atoms with Gasteiger partial charge in [0.2, 0.25) is 0 Å². The van der Waals surface area contributed by atoms with Gasteiger partial charge in [0.25, 0.3) is 0 Å². The van der Waals surface area contributed by atoms with Crippen molar-refractivity contribution in [1.29, 1.82) is 0 Å². The summed E-state index contributed by atoms with van der Waals surface area (Å²) >= 11 is 6.05. The van der Waals surface area contributed by atoms with E-state index in [0.717, 1.165) is 23.1 Å². The molecule has 6 nitrogen and oxygen atoms in total. The highest BCUT2D eigenvalue weighted by atomic mass is 35.5. The van der Waals surface area contributed by atoms with Gasteiger partial charge >= 0.3 is 0 Å². The van der Waals surface area contributed by atoms with E-state index >= 15 is 0 Å². The minimum Gasteiger partial charge on any atom is -0.496 e. The maximum absolute atomic E-state index is 6.05. The molecule has 2 aromatic heterocycles. The minimum atomic E-state index is 0.402. The highest BCUT2D eigenvalue weighted by Gasteiger charge is 2.10. The summed E-state index contributed by atoms with van der Waals surface area (Å²) in [6, 6.07) is 5.98. The van der Waals surface area contributed by atoms with Gasteiger partial charge in [0, 0.05) is 30.7 Å². The molecule has 1 aromatic carbocycles. The Morgan fingerprint density at radius 3 is 2.96 bits per heavy atom. The number of nitrogens with zero attached hydrogens (tertiary/aromatic N) is 2. The topological polar surface area (TPSA) is 74.9 Å². The summed E-state index contributed by atoms with van der Waals surface area (Å²) in [6.07, 6.45) is 4.28. The van der Waals surface area contributed by atoms with E-state index in [1.54, 1.807) is 14.2 Å². The fraction of sp³-hybridized carbons (Fsp3) is 0.250. The van der Waals surface area contributed by atoms with Crippen LogP contribution in [0.2, 0.25) is 5.15 Å². The molecule has 0 aliphatic heterocycles. The molecule has 0 saturated heterocycles.